The molecule has 1 aromatic heterocycles. The molecular weight excluding hydrogens is 702 g/mol. The van der Waals surface area contributed by atoms with Crippen LogP contribution < -0.4 is 24.8 Å². The van der Waals surface area contributed by atoms with Gasteiger partial charge in [-0.05, 0) is 54.7 Å². The average molecular weight is 748 g/mol. The molecule has 2 aromatic rings. The maximum Gasteiger partial charge on any atom is 0.405 e. The molecule has 4 N–H and O–H groups in total. The van der Waals surface area contributed by atoms with Crippen molar-refractivity contribution in [3.05, 3.63) is 42.1 Å². The summed E-state index contributed by atoms with van der Waals surface area (Å²) in [5, 5.41) is 15.9. The van der Waals surface area contributed by atoms with E-state index in [0.29, 0.717) is 40.8 Å². The number of fused-ring (bicyclic) bond motifs is 1. The maximum atomic E-state index is 14.5. The number of hydrogen-bond donors (Lipinski definition) is 4. The van der Waals surface area contributed by atoms with Crippen LogP contribution in [0.1, 0.15) is 66.7 Å². The number of nitrogens with zero attached hydrogens (tertiary/aromatic N) is 2. The van der Waals surface area contributed by atoms with Gasteiger partial charge in [-0.3, -0.25) is 19.1 Å². The zero-order chi connectivity index (χ0) is 37.7. The third kappa shape index (κ3) is 8.19. The minimum atomic E-state index is -3.92. The minimum Gasteiger partial charge on any atom is -0.494 e. The number of halogens is 1. The van der Waals surface area contributed by atoms with E-state index >= 15 is 0 Å². The van der Waals surface area contributed by atoms with Crippen LogP contribution in [0.4, 0.5) is 4.79 Å². The van der Waals surface area contributed by atoms with Crippen molar-refractivity contribution in [2.75, 3.05) is 13.7 Å². The van der Waals surface area contributed by atoms with Gasteiger partial charge >= 0.3 is 6.09 Å². The molecule has 1 aliphatic heterocycles. The number of hydrogen-bond acceptors (Lipinski definition) is 9. The summed E-state index contributed by atoms with van der Waals surface area (Å²) in [4.78, 5) is 60.0. The SMILES string of the molecule is C=C[C@@H]1C[C@]1(NC(=O)[C@@H]1C[C@@H](Oc2ncc(OC)c3ccc(Cl)cc23)CN1C(=O)[C@@H](NC(=O)O)C(C)(C)CC(C)(C)C)C(=O)NS(=O)(=O)C1CC1. The van der Waals surface area contributed by atoms with Gasteiger partial charge in [0.25, 0.3) is 5.91 Å². The van der Waals surface area contributed by atoms with Crippen LogP contribution in [-0.2, 0) is 24.4 Å². The zero-order valence-corrected chi connectivity index (χ0v) is 31.2. The Labute approximate surface area is 302 Å². The fourth-order valence-electron chi connectivity index (χ4n) is 7.32. The van der Waals surface area contributed by atoms with E-state index in [2.05, 4.69) is 26.9 Å². The second-order valence-corrected chi connectivity index (χ2v) is 18.0. The smallest absolute Gasteiger partial charge is 0.405 e. The van der Waals surface area contributed by atoms with Gasteiger partial charge in [0, 0.05) is 28.1 Å². The van der Waals surface area contributed by atoms with E-state index in [1.165, 1.54) is 24.3 Å². The lowest BCUT2D eigenvalue weighted by atomic mass is 9.71. The Morgan fingerprint density at radius 2 is 1.86 bits per heavy atom. The van der Waals surface area contributed by atoms with Crippen molar-refractivity contribution < 1.29 is 42.2 Å². The summed E-state index contributed by atoms with van der Waals surface area (Å²) >= 11 is 6.31. The van der Waals surface area contributed by atoms with Crippen LogP contribution >= 0.6 is 11.6 Å². The number of pyridine rings is 1. The van der Waals surface area contributed by atoms with E-state index in [-0.39, 0.29) is 30.7 Å². The predicted octanol–water partition coefficient (Wildman–Crippen LogP) is 4.01. The number of methoxy groups -OCH3 is 1. The quantitative estimate of drug-likeness (QED) is 0.218. The third-order valence-electron chi connectivity index (χ3n) is 9.65. The van der Waals surface area contributed by atoms with Gasteiger partial charge in [0.1, 0.15) is 29.5 Å². The molecule has 3 fully saturated rings. The Balaban J connectivity index is 1.49. The van der Waals surface area contributed by atoms with Crippen molar-refractivity contribution in [3.63, 3.8) is 0 Å². The fraction of sp³-hybridized carbons (Fsp3) is 0.571. The van der Waals surface area contributed by atoms with Gasteiger partial charge in [0.2, 0.25) is 27.7 Å². The molecule has 0 spiro atoms. The van der Waals surface area contributed by atoms with E-state index in [4.69, 9.17) is 21.1 Å². The number of amides is 4. The molecule has 51 heavy (non-hydrogen) atoms. The minimum absolute atomic E-state index is 0.0519. The van der Waals surface area contributed by atoms with Crippen LogP contribution in [-0.4, -0.2) is 89.9 Å². The van der Waals surface area contributed by atoms with Gasteiger partial charge in [0.15, 0.2) is 0 Å². The number of ether oxygens (including phenoxy) is 2. The molecule has 1 aromatic carbocycles. The largest absolute Gasteiger partial charge is 0.494 e. The van der Waals surface area contributed by atoms with E-state index in [0.717, 1.165) is 0 Å². The highest BCUT2D eigenvalue weighted by Gasteiger charge is 2.62. The topological polar surface area (TPSA) is 193 Å². The number of carbonyl (C=O) groups excluding carboxylic acids is 3. The lowest BCUT2D eigenvalue weighted by Gasteiger charge is -2.40. The molecule has 0 radical (unpaired) electrons. The van der Waals surface area contributed by atoms with Crippen molar-refractivity contribution in [1.82, 2.24) is 25.2 Å². The van der Waals surface area contributed by atoms with Crippen LogP contribution in [0.15, 0.2) is 37.1 Å². The highest BCUT2D eigenvalue weighted by atomic mass is 35.5. The Morgan fingerprint density at radius 1 is 1.18 bits per heavy atom. The first-order valence-corrected chi connectivity index (χ1v) is 18.7. The van der Waals surface area contributed by atoms with Gasteiger partial charge in [-0.2, -0.15) is 0 Å². The first kappa shape index (κ1) is 38.1. The molecule has 5 atom stereocenters. The lowest BCUT2D eigenvalue weighted by Crippen LogP contribution is -2.60. The van der Waals surface area contributed by atoms with Crippen molar-refractivity contribution in [1.29, 1.82) is 0 Å². The summed E-state index contributed by atoms with van der Waals surface area (Å²) < 4.78 is 39.3. The van der Waals surface area contributed by atoms with Crippen LogP contribution in [0.5, 0.6) is 11.6 Å². The monoisotopic (exact) mass is 747 g/mol. The second kappa shape index (κ2) is 13.8. The number of rotatable bonds is 13. The standard InChI is InChI=1S/C35H46ClN5O9S/c1-8-19-15-35(19,31(44)40-51(47,48)22-10-11-22)39-28(42)25-14-21(50-29-24-13-20(36)9-12-23(24)26(49-7)16-37-29)17-41(25)30(43)27(38-32(45)46)34(5,6)18-33(2,3)4/h8-9,12-13,16,19,21-22,25,27,38H,1,10-11,14-15,17-18H2,2-7H3,(H,39,42)(H,40,44)(H,45,46)/t19-,21-,25+,27-,35-/m1/s1. The van der Waals surface area contributed by atoms with Crippen molar-refractivity contribution in [3.8, 4) is 11.6 Å². The van der Waals surface area contributed by atoms with Crippen LogP contribution in [0, 0.1) is 16.7 Å². The average Bonchev–Trinajstić information content (AvgIpc) is 3.95. The molecule has 4 amide bonds. The zero-order valence-electron chi connectivity index (χ0n) is 29.6. The molecule has 0 bridgehead atoms. The van der Waals surface area contributed by atoms with Gasteiger partial charge in [-0.1, -0.05) is 52.3 Å². The van der Waals surface area contributed by atoms with Gasteiger partial charge < -0.3 is 30.1 Å². The van der Waals surface area contributed by atoms with Crippen LogP contribution in [0.2, 0.25) is 5.02 Å². The lowest BCUT2D eigenvalue weighted by molar-refractivity contribution is -0.143. The molecule has 2 aliphatic carbocycles. The summed E-state index contributed by atoms with van der Waals surface area (Å²) in [5.74, 6) is -2.16. The molecule has 2 heterocycles. The normalized spacial score (nSPS) is 24.0. The van der Waals surface area contributed by atoms with E-state index < -0.39 is 74.1 Å². The first-order chi connectivity index (χ1) is 23.7. The summed E-state index contributed by atoms with van der Waals surface area (Å²) in [6.07, 6.45) is 2.12. The summed E-state index contributed by atoms with van der Waals surface area (Å²) in [7, 11) is -2.42. The Bertz CT molecular complexity index is 1860. The van der Waals surface area contributed by atoms with Crippen LogP contribution in [0.25, 0.3) is 10.8 Å². The number of carbonyl (C=O) groups is 4. The second-order valence-electron chi connectivity index (χ2n) is 15.6. The summed E-state index contributed by atoms with van der Waals surface area (Å²) in [5.41, 5.74) is -2.78. The summed E-state index contributed by atoms with van der Waals surface area (Å²) in [6.45, 7) is 13.1. The number of carboxylic acid groups (broad SMARTS) is 1. The Kier molecular flexibility index (Phi) is 10.3. The number of sulfonamides is 1. The molecular formula is C35H46ClN5O9S. The van der Waals surface area contributed by atoms with E-state index in [9.17, 15) is 32.7 Å². The van der Waals surface area contributed by atoms with Gasteiger partial charge in [-0.15, -0.1) is 6.58 Å². The predicted molar refractivity (Wildman–Crippen MR) is 190 cm³/mol. The molecule has 278 valence electrons. The fourth-order valence-corrected chi connectivity index (χ4v) is 8.86. The van der Waals surface area contributed by atoms with E-state index in [1.807, 2.05) is 20.8 Å². The van der Waals surface area contributed by atoms with Crippen LogP contribution in [0.3, 0.4) is 0 Å². The highest BCUT2D eigenvalue weighted by molar-refractivity contribution is 7.91. The highest BCUT2D eigenvalue weighted by Crippen LogP contribution is 2.46. The van der Waals surface area contributed by atoms with Crippen molar-refractivity contribution in [2.45, 2.75) is 95.7 Å². The molecule has 2 saturated carbocycles. The Morgan fingerprint density at radius 3 is 2.43 bits per heavy atom. The maximum absolute atomic E-state index is 14.5. The molecule has 0 unspecified atom stereocenters. The van der Waals surface area contributed by atoms with Crippen molar-refractivity contribution >= 4 is 56.2 Å². The van der Waals surface area contributed by atoms with E-state index in [1.54, 1.807) is 32.0 Å². The molecule has 16 heteroatoms. The first-order valence-electron chi connectivity index (χ1n) is 16.8. The molecule has 1 saturated heterocycles. The Hall–Kier alpha value is -4.11. The van der Waals surface area contributed by atoms with Gasteiger partial charge in [0.05, 0.1) is 25.1 Å². The third-order valence-corrected chi connectivity index (χ3v) is 11.7. The number of aromatic nitrogens is 1. The van der Waals surface area contributed by atoms with Crippen molar-refractivity contribution in [2.24, 2.45) is 16.7 Å². The number of likely N-dealkylation sites (tertiary alicyclic amines) is 1. The molecule has 3 aliphatic rings. The molecule has 5 rings (SSSR count). The van der Waals surface area contributed by atoms with Gasteiger partial charge in [-0.25, -0.2) is 18.2 Å². The number of nitrogens with one attached hydrogen (secondary N) is 3. The summed E-state index contributed by atoms with van der Waals surface area (Å²) in [6, 6.07) is 2.62. The number of benzene rings is 1. The molecule has 14 nitrogen and oxygen atoms in total.